The Morgan fingerprint density at radius 3 is 2.64 bits per heavy atom. The van der Waals surface area contributed by atoms with Crippen molar-refractivity contribution >= 4 is 43.3 Å². The molecule has 2 atom stereocenters. The highest BCUT2D eigenvalue weighted by Gasteiger charge is 2.26. The zero-order valence-corrected chi connectivity index (χ0v) is 18.1. The minimum atomic E-state index is -0.808. The number of rotatable bonds is 7. The van der Waals surface area contributed by atoms with Gasteiger partial charge < -0.3 is 9.84 Å². The molecule has 1 N–H and O–H groups in total. The summed E-state index contributed by atoms with van der Waals surface area (Å²) in [7, 11) is 0. The average molecular weight is 457 g/mol. The Hall–Kier alpha value is -2.29. The fourth-order valence-electron chi connectivity index (χ4n) is 3.18. The van der Waals surface area contributed by atoms with E-state index >= 15 is 0 Å². The van der Waals surface area contributed by atoms with Crippen molar-refractivity contribution in [2.24, 2.45) is 5.92 Å². The lowest BCUT2D eigenvalue weighted by atomic mass is 9.84. The van der Waals surface area contributed by atoms with Crippen LogP contribution < -0.4 is 4.74 Å². The Morgan fingerprint density at radius 2 is 2.00 bits per heavy atom. The maximum atomic E-state index is 11.6. The molecule has 0 fully saturated rings. The number of fused-ring (bicyclic) bond motifs is 1. The molecule has 0 aliphatic heterocycles. The molecule has 0 saturated heterocycles. The summed E-state index contributed by atoms with van der Waals surface area (Å²) in [5.41, 5.74) is 1.95. The molecule has 28 heavy (non-hydrogen) atoms. The van der Waals surface area contributed by atoms with Gasteiger partial charge in [-0.25, -0.2) is 0 Å². The van der Waals surface area contributed by atoms with Crippen molar-refractivity contribution in [1.82, 2.24) is 0 Å². The second kappa shape index (κ2) is 9.27. The lowest BCUT2D eigenvalue weighted by Gasteiger charge is -2.18. The molecule has 0 bridgehead atoms. The standard InChI is InChI=1S/C23H21BrO3S/c1-3-5-19(18(4-2)23(25)26)16-8-6-15(7-9-16)13-27-17-10-11-22-20(12-17)21(24)14-28-22/h6-12,14,18-19H,4,13H2,1-2H3,(H,25,26)/t18?,19-/m1/s1. The van der Waals surface area contributed by atoms with Gasteiger partial charge in [0.2, 0.25) is 0 Å². The second-order valence-electron chi connectivity index (χ2n) is 6.50. The van der Waals surface area contributed by atoms with E-state index in [0.29, 0.717) is 13.0 Å². The van der Waals surface area contributed by atoms with Crippen molar-refractivity contribution < 1.29 is 14.6 Å². The number of hydrogen-bond donors (Lipinski definition) is 1. The Kier molecular flexibility index (Phi) is 6.77. The topological polar surface area (TPSA) is 46.5 Å². The Labute approximate surface area is 177 Å². The number of hydrogen-bond acceptors (Lipinski definition) is 3. The van der Waals surface area contributed by atoms with Crippen LogP contribution in [0, 0.1) is 17.8 Å². The first-order valence-electron chi connectivity index (χ1n) is 9.07. The van der Waals surface area contributed by atoms with Crippen LogP contribution in [-0.4, -0.2) is 11.1 Å². The monoisotopic (exact) mass is 456 g/mol. The van der Waals surface area contributed by atoms with E-state index in [9.17, 15) is 9.90 Å². The molecule has 1 unspecified atom stereocenters. The van der Waals surface area contributed by atoms with Crippen molar-refractivity contribution in [2.75, 3.05) is 0 Å². The van der Waals surface area contributed by atoms with Crippen LogP contribution in [0.1, 0.15) is 37.3 Å². The Morgan fingerprint density at radius 1 is 1.25 bits per heavy atom. The van der Waals surface area contributed by atoms with Gasteiger partial charge in [-0.1, -0.05) is 37.1 Å². The summed E-state index contributed by atoms with van der Waals surface area (Å²) in [5, 5.41) is 12.7. The summed E-state index contributed by atoms with van der Waals surface area (Å²) in [6.45, 7) is 4.08. The Balaban J connectivity index is 1.72. The summed E-state index contributed by atoms with van der Waals surface area (Å²) < 4.78 is 8.24. The highest BCUT2D eigenvalue weighted by Crippen LogP contribution is 2.33. The number of halogens is 1. The lowest BCUT2D eigenvalue weighted by Crippen LogP contribution is -2.20. The first-order valence-corrected chi connectivity index (χ1v) is 10.7. The summed E-state index contributed by atoms with van der Waals surface area (Å²) in [6.07, 6.45) is 0.542. The largest absolute Gasteiger partial charge is 0.489 e. The van der Waals surface area contributed by atoms with Gasteiger partial charge in [0.1, 0.15) is 12.4 Å². The van der Waals surface area contributed by atoms with Crippen molar-refractivity contribution in [3.63, 3.8) is 0 Å². The fraction of sp³-hybridized carbons (Fsp3) is 0.261. The smallest absolute Gasteiger partial charge is 0.308 e. The number of thiophene rings is 1. The van der Waals surface area contributed by atoms with Crippen LogP contribution in [0.15, 0.2) is 52.3 Å². The van der Waals surface area contributed by atoms with Gasteiger partial charge in [0.05, 0.1) is 11.8 Å². The first kappa shape index (κ1) is 20.4. The van der Waals surface area contributed by atoms with Crippen molar-refractivity contribution in [3.05, 3.63) is 63.4 Å². The van der Waals surface area contributed by atoms with Gasteiger partial charge in [-0.05, 0) is 58.6 Å². The third-order valence-corrected chi connectivity index (χ3v) is 6.62. The van der Waals surface area contributed by atoms with E-state index in [4.69, 9.17) is 4.74 Å². The number of ether oxygens (including phenoxy) is 1. The van der Waals surface area contributed by atoms with Crippen LogP contribution in [0.2, 0.25) is 0 Å². The van der Waals surface area contributed by atoms with Gasteiger partial charge in [-0.15, -0.1) is 17.3 Å². The molecule has 2 aromatic carbocycles. The van der Waals surface area contributed by atoms with Gasteiger partial charge in [0, 0.05) is 19.9 Å². The lowest BCUT2D eigenvalue weighted by molar-refractivity contribution is -0.142. The predicted octanol–water partition coefficient (Wildman–Crippen LogP) is 6.46. The van der Waals surface area contributed by atoms with Crippen LogP contribution >= 0.6 is 27.3 Å². The molecule has 0 amide bonds. The summed E-state index contributed by atoms with van der Waals surface area (Å²) in [6, 6.07) is 13.9. The molecule has 5 heteroatoms. The minimum Gasteiger partial charge on any atom is -0.489 e. The second-order valence-corrected chi connectivity index (χ2v) is 8.26. The number of carboxylic acid groups (broad SMARTS) is 1. The van der Waals surface area contributed by atoms with Crippen LogP contribution in [0.25, 0.3) is 10.1 Å². The fourth-order valence-corrected chi connectivity index (χ4v) is 4.72. The van der Waals surface area contributed by atoms with Gasteiger partial charge in [-0.3, -0.25) is 4.79 Å². The SMILES string of the molecule is CC#C[C@H](c1ccc(COc2ccc3scc(Br)c3c2)cc1)C(CC)C(=O)O. The normalized spacial score (nSPS) is 12.8. The zero-order valence-electron chi connectivity index (χ0n) is 15.7. The van der Waals surface area contributed by atoms with Crippen LogP contribution in [0.3, 0.4) is 0 Å². The molecule has 1 heterocycles. The maximum absolute atomic E-state index is 11.6. The molecule has 3 rings (SSSR count). The quantitative estimate of drug-likeness (QED) is 0.414. The highest BCUT2D eigenvalue weighted by atomic mass is 79.9. The van der Waals surface area contributed by atoms with Gasteiger partial charge in [-0.2, -0.15) is 0 Å². The highest BCUT2D eigenvalue weighted by molar-refractivity contribution is 9.10. The van der Waals surface area contributed by atoms with E-state index < -0.39 is 11.9 Å². The predicted molar refractivity (Wildman–Crippen MR) is 118 cm³/mol. The third kappa shape index (κ3) is 4.57. The molecule has 1 aromatic heterocycles. The molecule has 0 aliphatic rings. The maximum Gasteiger partial charge on any atom is 0.308 e. The number of carbonyl (C=O) groups is 1. The number of benzene rings is 2. The van der Waals surface area contributed by atoms with Crippen LogP contribution in [0.5, 0.6) is 5.75 Å². The third-order valence-electron chi connectivity index (χ3n) is 4.70. The van der Waals surface area contributed by atoms with E-state index in [1.54, 1.807) is 18.3 Å². The molecular weight excluding hydrogens is 436 g/mol. The molecule has 0 aliphatic carbocycles. The van der Waals surface area contributed by atoms with Crippen LogP contribution in [-0.2, 0) is 11.4 Å². The molecule has 0 spiro atoms. The van der Waals surface area contributed by atoms with Crippen molar-refractivity contribution in [3.8, 4) is 17.6 Å². The summed E-state index contributed by atoms with van der Waals surface area (Å²) in [5.74, 6) is 5.14. The molecular formula is C23H21BrO3S. The van der Waals surface area contributed by atoms with E-state index in [-0.39, 0.29) is 5.92 Å². The minimum absolute atomic E-state index is 0.305. The molecule has 0 radical (unpaired) electrons. The average Bonchev–Trinajstić information content (AvgIpc) is 3.07. The van der Waals surface area contributed by atoms with Crippen molar-refractivity contribution in [2.45, 2.75) is 32.8 Å². The summed E-state index contributed by atoms with van der Waals surface area (Å²) in [4.78, 5) is 11.6. The zero-order chi connectivity index (χ0) is 20.1. The van der Waals surface area contributed by atoms with Crippen LogP contribution in [0.4, 0.5) is 0 Å². The molecule has 3 aromatic rings. The molecule has 144 valence electrons. The van der Waals surface area contributed by atoms with E-state index in [1.165, 1.54) is 4.70 Å². The van der Waals surface area contributed by atoms with Crippen molar-refractivity contribution in [1.29, 1.82) is 0 Å². The van der Waals surface area contributed by atoms with E-state index in [0.717, 1.165) is 26.7 Å². The van der Waals surface area contributed by atoms with E-state index in [2.05, 4.69) is 39.2 Å². The number of carboxylic acids is 1. The Bertz CT molecular complexity index is 1030. The molecule has 0 saturated carbocycles. The van der Waals surface area contributed by atoms with Gasteiger partial charge >= 0.3 is 5.97 Å². The van der Waals surface area contributed by atoms with Gasteiger partial charge in [0.15, 0.2) is 0 Å². The summed E-state index contributed by atoms with van der Waals surface area (Å²) >= 11 is 5.26. The van der Waals surface area contributed by atoms with Gasteiger partial charge in [0.25, 0.3) is 0 Å². The number of aliphatic carboxylic acids is 1. The first-order chi connectivity index (χ1) is 13.5. The van der Waals surface area contributed by atoms with E-state index in [1.807, 2.05) is 43.3 Å². The molecule has 3 nitrogen and oxygen atoms in total.